The quantitative estimate of drug-likeness (QED) is 0.923. The summed E-state index contributed by atoms with van der Waals surface area (Å²) in [4.78, 5) is 9.16. The van der Waals surface area contributed by atoms with Crippen molar-refractivity contribution in [1.29, 1.82) is 0 Å². The van der Waals surface area contributed by atoms with Crippen molar-refractivity contribution in [1.82, 2.24) is 9.97 Å². The third-order valence-electron chi connectivity index (χ3n) is 3.03. The number of nitrogens with zero attached hydrogens (tertiary/aromatic N) is 2. The molecule has 0 bridgehead atoms. The average molecular weight is 334 g/mol. The lowest BCUT2D eigenvalue weighted by Crippen LogP contribution is -2.32. The molecule has 0 spiro atoms. The largest absolute Gasteiger partial charge is 0.326 e. The summed E-state index contributed by atoms with van der Waals surface area (Å²) in [5.74, 6) is 0.862. The van der Waals surface area contributed by atoms with Crippen molar-refractivity contribution < 1.29 is 0 Å². The number of aromatic nitrogens is 2. The summed E-state index contributed by atoms with van der Waals surface area (Å²) in [5, 5.41) is 0. The normalized spacial score (nSPS) is 11.7. The molecule has 3 nitrogen and oxygen atoms in total. The Kier molecular flexibility index (Phi) is 4.55. The molecule has 0 unspecified atom stereocenters. The van der Waals surface area contributed by atoms with Gasteiger partial charge in [-0.15, -0.1) is 0 Å². The van der Waals surface area contributed by atoms with Gasteiger partial charge in [-0.1, -0.05) is 28.1 Å². The molecule has 4 heteroatoms. The predicted molar refractivity (Wildman–Crippen MR) is 86.5 cm³/mol. The van der Waals surface area contributed by atoms with Crippen LogP contribution in [0.2, 0.25) is 0 Å². The second-order valence-corrected chi connectivity index (χ2v) is 6.72. The van der Waals surface area contributed by atoms with Crippen molar-refractivity contribution in [2.24, 2.45) is 5.73 Å². The molecule has 0 fully saturated rings. The molecule has 0 saturated heterocycles. The Morgan fingerprint density at radius 3 is 2.40 bits per heavy atom. The zero-order chi connectivity index (χ0) is 14.8. The number of aryl methyl sites for hydroxylation is 2. The molecule has 0 saturated carbocycles. The fraction of sp³-hybridized carbons (Fsp3) is 0.375. The predicted octanol–water partition coefficient (Wildman–Crippen LogP) is 3.88. The van der Waals surface area contributed by atoms with Crippen LogP contribution in [0.5, 0.6) is 0 Å². The van der Waals surface area contributed by atoms with Gasteiger partial charge in [0.15, 0.2) is 0 Å². The lowest BCUT2D eigenvalue weighted by Gasteiger charge is -2.17. The van der Waals surface area contributed by atoms with Crippen LogP contribution in [-0.4, -0.2) is 15.5 Å². The molecule has 0 aliphatic carbocycles. The van der Waals surface area contributed by atoms with E-state index in [0.29, 0.717) is 0 Å². The van der Waals surface area contributed by atoms with Crippen LogP contribution in [0.15, 0.2) is 34.8 Å². The van der Waals surface area contributed by atoms with Gasteiger partial charge in [0.1, 0.15) is 5.82 Å². The number of hydrogen-bond acceptors (Lipinski definition) is 3. The highest BCUT2D eigenvalue weighted by Crippen LogP contribution is 2.21. The summed E-state index contributed by atoms with van der Waals surface area (Å²) >= 11 is 3.45. The molecule has 2 aromatic rings. The number of hydrogen-bond donors (Lipinski definition) is 1. The summed E-state index contributed by atoms with van der Waals surface area (Å²) in [5.41, 5.74) is 8.90. The summed E-state index contributed by atoms with van der Waals surface area (Å²) in [6.45, 7) is 6.05. The van der Waals surface area contributed by atoms with Crippen molar-refractivity contribution in [3.63, 3.8) is 0 Å². The van der Waals surface area contributed by atoms with Gasteiger partial charge in [0.2, 0.25) is 0 Å². The number of rotatable bonds is 4. The first-order valence-electron chi connectivity index (χ1n) is 6.73. The van der Waals surface area contributed by atoms with Gasteiger partial charge >= 0.3 is 0 Å². The first-order valence-corrected chi connectivity index (χ1v) is 7.52. The molecule has 0 amide bonds. The minimum absolute atomic E-state index is 0.190. The molecule has 20 heavy (non-hydrogen) atoms. The van der Waals surface area contributed by atoms with E-state index in [9.17, 15) is 0 Å². The van der Waals surface area contributed by atoms with Gasteiger partial charge in [0.05, 0.1) is 5.69 Å². The van der Waals surface area contributed by atoms with E-state index >= 15 is 0 Å². The molecular formula is C16H20BrN3. The first kappa shape index (κ1) is 15.1. The van der Waals surface area contributed by atoms with Crippen LogP contribution in [0.4, 0.5) is 0 Å². The highest BCUT2D eigenvalue weighted by Gasteiger charge is 2.12. The maximum absolute atomic E-state index is 6.03. The van der Waals surface area contributed by atoms with Crippen LogP contribution in [0.3, 0.4) is 0 Å². The molecule has 1 aromatic carbocycles. The molecule has 1 heterocycles. The third-order valence-corrected chi connectivity index (χ3v) is 3.56. The Bertz CT molecular complexity index is 586. The Hall–Kier alpha value is -1.26. The molecular weight excluding hydrogens is 314 g/mol. The maximum Gasteiger partial charge on any atom is 0.129 e. The fourth-order valence-corrected chi connectivity index (χ4v) is 2.21. The number of benzene rings is 1. The van der Waals surface area contributed by atoms with Crippen molar-refractivity contribution in [3.8, 4) is 11.3 Å². The first-order chi connectivity index (χ1) is 9.33. The maximum atomic E-state index is 6.03. The molecule has 0 atom stereocenters. The minimum Gasteiger partial charge on any atom is -0.326 e. The van der Waals surface area contributed by atoms with Gasteiger partial charge < -0.3 is 5.73 Å². The van der Waals surface area contributed by atoms with E-state index in [-0.39, 0.29) is 5.54 Å². The molecule has 2 rings (SSSR count). The van der Waals surface area contributed by atoms with Crippen LogP contribution in [0, 0.1) is 6.92 Å². The summed E-state index contributed by atoms with van der Waals surface area (Å²) in [7, 11) is 0. The van der Waals surface area contributed by atoms with Crippen molar-refractivity contribution >= 4 is 15.9 Å². The summed E-state index contributed by atoms with van der Waals surface area (Å²) in [6.07, 6.45) is 1.67. The molecule has 1 aromatic heterocycles. The van der Waals surface area contributed by atoms with Gasteiger partial charge in [-0.25, -0.2) is 9.97 Å². The number of halogens is 1. The topological polar surface area (TPSA) is 51.8 Å². The van der Waals surface area contributed by atoms with E-state index in [0.717, 1.165) is 40.1 Å². The zero-order valence-electron chi connectivity index (χ0n) is 12.2. The number of nitrogens with two attached hydrogens (primary N) is 1. The van der Waals surface area contributed by atoms with E-state index in [2.05, 4.69) is 38.0 Å². The van der Waals surface area contributed by atoms with Crippen molar-refractivity contribution in [3.05, 3.63) is 46.3 Å². The lowest BCUT2D eigenvalue weighted by molar-refractivity contribution is 0.470. The molecule has 0 radical (unpaired) electrons. The Labute approximate surface area is 128 Å². The van der Waals surface area contributed by atoms with E-state index in [1.54, 1.807) is 0 Å². The van der Waals surface area contributed by atoms with E-state index in [1.165, 1.54) is 0 Å². The average Bonchev–Trinajstić information content (AvgIpc) is 2.36. The highest BCUT2D eigenvalue weighted by molar-refractivity contribution is 9.10. The minimum atomic E-state index is -0.190. The zero-order valence-corrected chi connectivity index (χ0v) is 13.7. The van der Waals surface area contributed by atoms with Gasteiger partial charge in [-0.3, -0.25) is 0 Å². The second kappa shape index (κ2) is 6.02. The van der Waals surface area contributed by atoms with E-state index in [1.807, 2.05) is 39.0 Å². The van der Waals surface area contributed by atoms with Crippen LogP contribution >= 0.6 is 15.9 Å². The van der Waals surface area contributed by atoms with Gasteiger partial charge in [0, 0.05) is 27.7 Å². The van der Waals surface area contributed by atoms with Crippen LogP contribution in [-0.2, 0) is 6.42 Å². The molecule has 0 aliphatic heterocycles. The second-order valence-electron chi connectivity index (χ2n) is 5.81. The summed E-state index contributed by atoms with van der Waals surface area (Å²) < 4.78 is 1.07. The Morgan fingerprint density at radius 1 is 1.15 bits per heavy atom. The fourth-order valence-electron chi connectivity index (χ4n) is 1.94. The Morgan fingerprint density at radius 2 is 1.80 bits per heavy atom. The monoisotopic (exact) mass is 333 g/mol. The SMILES string of the molecule is Cc1cc(-c2ccc(Br)cc2)nc(CCC(C)(C)N)n1. The van der Waals surface area contributed by atoms with Crippen LogP contribution in [0.25, 0.3) is 11.3 Å². The van der Waals surface area contributed by atoms with Gasteiger partial charge in [-0.05, 0) is 45.4 Å². The smallest absolute Gasteiger partial charge is 0.129 e. The Balaban J connectivity index is 2.26. The van der Waals surface area contributed by atoms with Crippen LogP contribution in [0.1, 0.15) is 31.8 Å². The van der Waals surface area contributed by atoms with E-state index < -0.39 is 0 Å². The van der Waals surface area contributed by atoms with Crippen LogP contribution < -0.4 is 5.73 Å². The molecule has 2 N–H and O–H groups in total. The highest BCUT2D eigenvalue weighted by atomic mass is 79.9. The molecule has 106 valence electrons. The molecule has 0 aliphatic rings. The van der Waals surface area contributed by atoms with E-state index in [4.69, 9.17) is 5.73 Å². The van der Waals surface area contributed by atoms with Crippen molar-refractivity contribution in [2.45, 2.75) is 39.2 Å². The lowest BCUT2D eigenvalue weighted by atomic mass is 10.00. The van der Waals surface area contributed by atoms with Gasteiger partial charge in [-0.2, -0.15) is 0 Å². The standard InChI is InChI=1S/C16H20BrN3/c1-11-10-14(12-4-6-13(17)7-5-12)20-15(19-11)8-9-16(2,3)18/h4-7,10H,8-9,18H2,1-3H3. The van der Waals surface area contributed by atoms with Crippen molar-refractivity contribution in [2.75, 3.05) is 0 Å². The van der Waals surface area contributed by atoms with Gasteiger partial charge in [0.25, 0.3) is 0 Å². The summed E-state index contributed by atoms with van der Waals surface area (Å²) in [6, 6.07) is 10.2. The third kappa shape index (κ3) is 4.39.